The normalized spacial score (nSPS) is 11.2. The summed E-state index contributed by atoms with van der Waals surface area (Å²) >= 11 is 1.77. The monoisotopic (exact) mass is 306 g/mol. The molecule has 0 bridgehead atoms. The van der Waals surface area contributed by atoms with Crippen LogP contribution >= 0.6 is 11.3 Å². The Labute approximate surface area is 132 Å². The minimum Gasteiger partial charge on any atom is -0.275 e. The quantitative estimate of drug-likeness (QED) is 0.561. The molecule has 0 unspecified atom stereocenters. The van der Waals surface area contributed by atoms with Crippen molar-refractivity contribution in [1.82, 2.24) is 19.7 Å². The summed E-state index contributed by atoms with van der Waals surface area (Å²) in [5.41, 5.74) is 5.19. The number of pyridine rings is 2. The van der Waals surface area contributed by atoms with Gasteiger partial charge in [0.05, 0.1) is 15.9 Å². The van der Waals surface area contributed by atoms with Gasteiger partial charge < -0.3 is 0 Å². The molecule has 0 amide bonds. The van der Waals surface area contributed by atoms with Crippen LogP contribution in [0.2, 0.25) is 0 Å². The average Bonchev–Trinajstić information content (AvgIpc) is 3.10. The third kappa shape index (κ3) is 2.10. The first-order chi connectivity index (χ1) is 10.7. The van der Waals surface area contributed by atoms with Crippen molar-refractivity contribution in [3.05, 3.63) is 53.8 Å². The van der Waals surface area contributed by atoms with E-state index in [-0.39, 0.29) is 0 Å². The third-order valence-corrected chi connectivity index (χ3v) is 4.71. The minimum absolute atomic E-state index is 0.897. The van der Waals surface area contributed by atoms with E-state index in [4.69, 9.17) is 4.98 Å². The van der Waals surface area contributed by atoms with E-state index < -0.39 is 0 Å². The summed E-state index contributed by atoms with van der Waals surface area (Å²) in [4.78, 5) is 10.2. The van der Waals surface area contributed by atoms with E-state index in [0.29, 0.717) is 0 Å². The molecule has 0 fully saturated rings. The highest BCUT2D eigenvalue weighted by atomic mass is 32.1. The van der Waals surface area contributed by atoms with Crippen LogP contribution in [0.15, 0.2) is 48.9 Å². The summed E-state index contributed by atoms with van der Waals surface area (Å²) < 4.78 is 2.99. The van der Waals surface area contributed by atoms with Crippen molar-refractivity contribution in [2.45, 2.75) is 6.92 Å². The Balaban J connectivity index is 1.95. The molecule has 22 heavy (non-hydrogen) atoms. The highest BCUT2D eigenvalue weighted by Gasteiger charge is 2.14. The van der Waals surface area contributed by atoms with Gasteiger partial charge in [-0.05, 0) is 42.8 Å². The number of rotatable bonds is 2. The summed E-state index contributed by atoms with van der Waals surface area (Å²) in [5, 5.41) is 4.44. The molecule has 0 N–H and O–H groups in total. The Kier molecular flexibility index (Phi) is 3.01. The van der Waals surface area contributed by atoms with Gasteiger partial charge >= 0.3 is 0 Å². The lowest BCUT2D eigenvalue weighted by molar-refractivity contribution is 0.770. The summed E-state index contributed by atoms with van der Waals surface area (Å²) in [7, 11) is 1.92. The molecule has 4 heterocycles. The second-order valence-electron chi connectivity index (χ2n) is 5.19. The van der Waals surface area contributed by atoms with E-state index in [1.165, 1.54) is 15.1 Å². The molecule has 0 atom stereocenters. The maximum atomic E-state index is 4.87. The van der Waals surface area contributed by atoms with Gasteiger partial charge in [0.2, 0.25) is 0 Å². The van der Waals surface area contributed by atoms with E-state index in [1.807, 2.05) is 49.9 Å². The standard InChI is InChI=1S/C17H14N4S/c1-11-16(12-5-8-18-9-6-12)17-15(22-11)4-3-13(19-17)14-7-10-21(2)20-14/h3-10H,1-2H3. The minimum atomic E-state index is 0.897. The van der Waals surface area contributed by atoms with Crippen molar-refractivity contribution < 1.29 is 0 Å². The molecule has 4 aromatic rings. The zero-order valence-electron chi connectivity index (χ0n) is 12.3. The molecule has 4 aromatic heterocycles. The molecule has 5 heteroatoms. The second kappa shape index (κ2) is 5.03. The van der Waals surface area contributed by atoms with E-state index >= 15 is 0 Å². The zero-order chi connectivity index (χ0) is 15.1. The number of thiophene rings is 1. The van der Waals surface area contributed by atoms with Crippen LogP contribution < -0.4 is 0 Å². The lowest BCUT2D eigenvalue weighted by Gasteiger charge is -2.02. The van der Waals surface area contributed by atoms with Crippen LogP contribution in [0.4, 0.5) is 0 Å². The van der Waals surface area contributed by atoms with Gasteiger partial charge in [0.25, 0.3) is 0 Å². The van der Waals surface area contributed by atoms with Crippen molar-refractivity contribution in [2.24, 2.45) is 7.05 Å². The van der Waals surface area contributed by atoms with Crippen LogP contribution in [0.1, 0.15) is 4.88 Å². The number of fused-ring (bicyclic) bond motifs is 1. The molecule has 4 nitrogen and oxygen atoms in total. The lowest BCUT2D eigenvalue weighted by Crippen LogP contribution is -1.90. The molecule has 4 rings (SSSR count). The first-order valence-corrected chi connectivity index (χ1v) is 7.84. The number of nitrogens with zero attached hydrogens (tertiary/aromatic N) is 4. The SMILES string of the molecule is Cc1sc2ccc(-c3ccn(C)n3)nc2c1-c1ccncc1. The number of hydrogen-bond acceptors (Lipinski definition) is 4. The fraction of sp³-hybridized carbons (Fsp3) is 0.118. The van der Waals surface area contributed by atoms with Crippen LogP contribution in [-0.4, -0.2) is 19.7 Å². The van der Waals surface area contributed by atoms with Crippen LogP contribution in [-0.2, 0) is 7.05 Å². The average molecular weight is 306 g/mol. The van der Waals surface area contributed by atoms with Gasteiger partial charge in [0.1, 0.15) is 5.69 Å². The molecule has 108 valence electrons. The van der Waals surface area contributed by atoms with E-state index in [9.17, 15) is 0 Å². The Bertz CT molecular complexity index is 953. The summed E-state index contributed by atoms with van der Waals surface area (Å²) in [5.74, 6) is 0. The van der Waals surface area contributed by atoms with E-state index in [0.717, 1.165) is 22.5 Å². The van der Waals surface area contributed by atoms with Gasteiger partial charge in [-0.25, -0.2) is 4.98 Å². The fourth-order valence-electron chi connectivity index (χ4n) is 2.64. The smallest absolute Gasteiger partial charge is 0.111 e. The maximum Gasteiger partial charge on any atom is 0.111 e. The molecular weight excluding hydrogens is 292 g/mol. The molecule has 0 saturated carbocycles. The van der Waals surface area contributed by atoms with Crippen molar-refractivity contribution >= 4 is 21.6 Å². The fourth-order valence-corrected chi connectivity index (χ4v) is 3.67. The van der Waals surface area contributed by atoms with Crippen molar-refractivity contribution in [2.75, 3.05) is 0 Å². The van der Waals surface area contributed by atoms with Gasteiger partial charge in [-0.3, -0.25) is 9.67 Å². The van der Waals surface area contributed by atoms with Crippen molar-refractivity contribution in [3.63, 3.8) is 0 Å². The molecule has 0 aliphatic heterocycles. The van der Waals surface area contributed by atoms with Gasteiger partial charge in [0.15, 0.2) is 0 Å². The molecular formula is C17H14N4S. The number of hydrogen-bond donors (Lipinski definition) is 0. The van der Waals surface area contributed by atoms with Crippen LogP contribution in [0, 0.1) is 6.92 Å². The predicted molar refractivity (Wildman–Crippen MR) is 89.8 cm³/mol. The largest absolute Gasteiger partial charge is 0.275 e. The Morgan fingerprint density at radius 3 is 2.55 bits per heavy atom. The molecule has 0 saturated heterocycles. The zero-order valence-corrected chi connectivity index (χ0v) is 13.1. The first kappa shape index (κ1) is 13.2. The van der Waals surface area contributed by atoms with E-state index in [2.05, 4.69) is 23.1 Å². The van der Waals surface area contributed by atoms with E-state index in [1.54, 1.807) is 16.0 Å². The van der Waals surface area contributed by atoms with Gasteiger partial charge in [-0.1, -0.05) is 0 Å². The molecule has 0 aliphatic rings. The topological polar surface area (TPSA) is 43.6 Å². The van der Waals surface area contributed by atoms with Crippen LogP contribution in [0.5, 0.6) is 0 Å². The molecule has 0 aliphatic carbocycles. The third-order valence-electron chi connectivity index (χ3n) is 3.66. The highest BCUT2D eigenvalue weighted by Crippen LogP contribution is 2.37. The van der Waals surface area contributed by atoms with Crippen molar-refractivity contribution in [3.8, 4) is 22.5 Å². The lowest BCUT2D eigenvalue weighted by atomic mass is 10.1. The summed E-state index contributed by atoms with van der Waals surface area (Å²) in [6, 6.07) is 10.2. The van der Waals surface area contributed by atoms with Crippen molar-refractivity contribution in [1.29, 1.82) is 0 Å². The second-order valence-corrected chi connectivity index (χ2v) is 6.44. The highest BCUT2D eigenvalue weighted by molar-refractivity contribution is 7.19. The molecule has 0 radical (unpaired) electrons. The Hall–Kier alpha value is -2.53. The number of aryl methyl sites for hydroxylation is 2. The van der Waals surface area contributed by atoms with Gasteiger partial charge in [-0.15, -0.1) is 11.3 Å². The Morgan fingerprint density at radius 1 is 1.00 bits per heavy atom. The predicted octanol–water partition coefficient (Wildman–Crippen LogP) is 4.07. The maximum absolute atomic E-state index is 4.87. The Morgan fingerprint density at radius 2 is 1.82 bits per heavy atom. The van der Waals surface area contributed by atoms with Crippen LogP contribution in [0.25, 0.3) is 32.7 Å². The first-order valence-electron chi connectivity index (χ1n) is 7.03. The number of aromatic nitrogens is 4. The summed E-state index contributed by atoms with van der Waals surface area (Å²) in [6.07, 6.45) is 5.58. The molecule has 0 aromatic carbocycles. The van der Waals surface area contributed by atoms with Crippen LogP contribution in [0.3, 0.4) is 0 Å². The van der Waals surface area contributed by atoms with Gasteiger partial charge in [0, 0.05) is 36.1 Å². The summed E-state index contributed by atoms with van der Waals surface area (Å²) in [6.45, 7) is 2.14. The molecule has 0 spiro atoms. The van der Waals surface area contributed by atoms with Gasteiger partial charge in [-0.2, -0.15) is 5.10 Å².